The number of carbonyl (C=O) groups excluding carboxylic acids is 2. The lowest BCUT2D eigenvalue weighted by Crippen LogP contribution is -2.37. The van der Waals surface area contributed by atoms with Gasteiger partial charge in [-0.3, -0.25) is 14.2 Å². The highest BCUT2D eigenvalue weighted by Gasteiger charge is 2.21. The Hall–Kier alpha value is -3.59. The molecule has 0 aromatic rings. The van der Waals surface area contributed by atoms with Crippen LogP contribution in [0.4, 0.5) is 0 Å². The highest BCUT2D eigenvalue weighted by Crippen LogP contribution is 2.38. The summed E-state index contributed by atoms with van der Waals surface area (Å²) in [6.45, 7) is 4.01. The zero-order valence-electron chi connectivity index (χ0n) is 42.8. The summed E-state index contributed by atoms with van der Waals surface area (Å²) in [4.78, 5) is 37.7. The number of allylic oxidation sites excluding steroid dienone is 20. The molecular weight excluding hydrogens is 858 g/mol. The molecule has 0 aliphatic rings. The molecular formula is C57H94NO8P. The number of ether oxygens (including phenoxy) is 2. The highest BCUT2D eigenvalue weighted by atomic mass is 31.2. The topological polar surface area (TPSA) is 111 Å². The first-order chi connectivity index (χ1) is 32.5. The number of hydrogen-bond donors (Lipinski definition) is 0. The molecule has 67 heavy (non-hydrogen) atoms. The van der Waals surface area contributed by atoms with Crippen molar-refractivity contribution in [3.8, 4) is 0 Å². The molecule has 9 nitrogen and oxygen atoms in total. The van der Waals surface area contributed by atoms with Crippen LogP contribution in [-0.4, -0.2) is 70.0 Å². The third-order valence-electron chi connectivity index (χ3n) is 10.2. The van der Waals surface area contributed by atoms with E-state index in [2.05, 4.69) is 135 Å². The molecule has 0 radical (unpaired) electrons. The Morgan fingerprint density at radius 1 is 0.478 bits per heavy atom. The maximum Gasteiger partial charge on any atom is 0.306 e. The second-order valence-corrected chi connectivity index (χ2v) is 19.2. The molecule has 2 unspecified atom stereocenters. The van der Waals surface area contributed by atoms with Crippen molar-refractivity contribution in [1.82, 2.24) is 0 Å². The fourth-order valence-electron chi connectivity index (χ4n) is 6.23. The van der Waals surface area contributed by atoms with E-state index >= 15 is 0 Å². The maximum absolute atomic E-state index is 12.7. The second-order valence-electron chi connectivity index (χ2n) is 17.8. The summed E-state index contributed by atoms with van der Waals surface area (Å²) in [6.07, 6.45) is 66.6. The SMILES string of the molecule is CC/C=C\C/C=C\C/C=C\C/C=C\C/C=C\C/C=C\C/C=C\C/C=C\CCCCC(=O)OC(COC(=O)CCCCCCC/C=C\C/C=C\CCCCCC)COP(=O)([O-])OCC[N+](C)(C)C. The van der Waals surface area contributed by atoms with Gasteiger partial charge in [-0.15, -0.1) is 0 Å². The van der Waals surface area contributed by atoms with E-state index in [1.54, 1.807) is 0 Å². The molecule has 0 aliphatic carbocycles. The standard InChI is InChI=1S/C57H94NO8P/c1-6-8-10-12-14-16-18-20-22-24-25-26-27-28-29-30-31-32-33-34-36-38-40-42-44-46-48-50-57(60)66-55(54-65-67(61,62)64-52-51-58(3,4)5)53-63-56(59)49-47-45-43-41-39-37-35-23-21-19-17-15-13-11-9-7-2/h8,10,14,16-17,19-20,22-23,25-26,28-29,31-32,34-36,40,42,55H,6-7,9,11-13,15,18,21,24,27,30,33,37-39,41,43-54H2,1-5H3/b10-8-,16-14-,19-17-,22-20-,26-25-,29-28-,32-31-,35-23-,36-34-,42-40-. The number of quaternary nitrogens is 1. The van der Waals surface area contributed by atoms with Crippen molar-refractivity contribution in [3.63, 3.8) is 0 Å². The van der Waals surface area contributed by atoms with E-state index in [-0.39, 0.29) is 26.1 Å². The predicted octanol–water partition coefficient (Wildman–Crippen LogP) is 15.0. The number of phosphoric ester groups is 1. The molecule has 0 saturated heterocycles. The zero-order valence-corrected chi connectivity index (χ0v) is 43.7. The molecule has 0 heterocycles. The molecule has 0 fully saturated rings. The van der Waals surface area contributed by atoms with Gasteiger partial charge in [0.25, 0.3) is 7.82 Å². The van der Waals surface area contributed by atoms with Crippen molar-refractivity contribution in [2.45, 2.75) is 180 Å². The van der Waals surface area contributed by atoms with Gasteiger partial charge >= 0.3 is 11.9 Å². The summed E-state index contributed by atoms with van der Waals surface area (Å²) in [5.74, 6) is -0.913. The largest absolute Gasteiger partial charge is 0.756 e. The van der Waals surface area contributed by atoms with E-state index in [1.807, 2.05) is 21.1 Å². The Morgan fingerprint density at radius 3 is 1.30 bits per heavy atom. The molecule has 0 rings (SSSR count). The summed E-state index contributed by atoms with van der Waals surface area (Å²) in [5.41, 5.74) is 0. The summed E-state index contributed by atoms with van der Waals surface area (Å²) < 4.78 is 34.0. The predicted molar refractivity (Wildman–Crippen MR) is 281 cm³/mol. The molecule has 10 heteroatoms. The summed E-state index contributed by atoms with van der Waals surface area (Å²) >= 11 is 0. The number of esters is 2. The Bertz CT molecular complexity index is 1540. The number of carbonyl (C=O) groups is 2. The van der Waals surface area contributed by atoms with Crippen molar-refractivity contribution in [2.24, 2.45) is 0 Å². The molecule has 0 bridgehead atoms. The number of phosphoric acid groups is 1. The van der Waals surface area contributed by atoms with Crippen LogP contribution in [0.1, 0.15) is 174 Å². The smallest absolute Gasteiger partial charge is 0.306 e. The first-order valence-electron chi connectivity index (χ1n) is 25.7. The minimum absolute atomic E-state index is 0.0492. The summed E-state index contributed by atoms with van der Waals surface area (Å²) in [7, 11) is 1.11. The Balaban J connectivity index is 4.40. The van der Waals surface area contributed by atoms with Crippen molar-refractivity contribution in [3.05, 3.63) is 122 Å². The molecule has 0 spiro atoms. The number of unbranched alkanes of at least 4 members (excludes halogenated alkanes) is 11. The maximum atomic E-state index is 12.7. The molecule has 0 amide bonds. The average Bonchev–Trinajstić information content (AvgIpc) is 3.29. The quantitative estimate of drug-likeness (QED) is 0.0195. The number of rotatable bonds is 45. The van der Waals surface area contributed by atoms with Crippen LogP contribution >= 0.6 is 7.82 Å². The molecule has 0 N–H and O–H groups in total. The van der Waals surface area contributed by atoms with Gasteiger partial charge < -0.3 is 27.9 Å². The van der Waals surface area contributed by atoms with Gasteiger partial charge in [0.2, 0.25) is 0 Å². The van der Waals surface area contributed by atoms with Crippen LogP contribution in [0, 0.1) is 0 Å². The minimum atomic E-state index is -4.66. The molecule has 0 aliphatic heterocycles. The van der Waals surface area contributed by atoms with Gasteiger partial charge in [-0.1, -0.05) is 174 Å². The van der Waals surface area contributed by atoms with E-state index in [0.717, 1.165) is 103 Å². The van der Waals surface area contributed by atoms with Gasteiger partial charge in [0, 0.05) is 12.8 Å². The molecule has 0 aromatic heterocycles. The van der Waals surface area contributed by atoms with E-state index in [9.17, 15) is 19.0 Å². The molecule has 2 atom stereocenters. The zero-order chi connectivity index (χ0) is 49.2. The number of hydrogen-bond acceptors (Lipinski definition) is 8. The molecule has 0 aromatic carbocycles. The third-order valence-corrected chi connectivity index (χ3v) is 11.2. The van der Waals surface area contributed by atoms with Crippen LogP contribution < -0.4 is 4.89 Å². The van der Waals surface area contributed by atoms with Crippen LogP contribution in [0.3, 0.4) is 0 Å². The van der Waals surface area contributed by atoms with Crippen LogP contribution in [0.15, 0.2) is 122 Å². The Kier molecular flexibility index (Phi) is 44.9. The van der Waals surface area contributed by atoms with Gasteiger partial charge in [0.1, 0.15) is 19.8 Å². The fraction of sp³-hybridized carbons (Fsp3) is 0.614. The van der Waals surface area contributed by atoms with Gasteiger partial charge in [0.05, 0.1) is 27.7 Å². The van der Waals surface area contributed by atoms with Crippen molar-refractivity contribution in [1.29, 1.82) is 0 Å². The van der Waals surface area contributed by atoms with Crippen molar-refractivity contribution >= 4 is 19.8 Å². The lowest BCUT2D eigenvalue weighted by molar-refractivity contribution is -0.870. The van der Waals surface area contributed by atoms with Crippen molar-refractivity contribution in [2.75, 3.05) is 47.5 Å². The first-order valence-corrected chi connectivity index (χ1v) is 27.2. The lowest BCUT2D eigenvalue weighted by Gasteiger charge is -2.28. The van der Waals surface area contributed by atoms with E-state index in [1.165, 1.54) is 32.1 Å². The highest BCUT2D eigenvalue weighted by molar-refractivity contribution is 7.45. The summed E-state index contributed by atoms with van der Waals surface area (Å²) in [6, 6.07) is 0. The van der Waals surface area contributed by atoms with E-state index in [4.69, 9.17) is 18.5 Å². The van der Waals surface area contributed by atoms with Crippen LogP contribution in [0.5, 0.6) is 0 Å². The van der Waals surface area contributed by atoms with E-state index in [0.29, 0.717) is 23.9 Å². The van der Waals surface area contributed by atoms with Gasteiger partial charge in [-0.05, 0) is 109 Å². The summed E-state index contributed by atoms with van der Waals surface area (Å²) in [5, 5.41) is 0. The van der Waals surface area contributed by atoms with Crippen LogP contribution in [0.2, 0.25) is 0 Å². The Morgan fingerprint density at radius 2 is 0.851 bits per heavy atom. The van der Waals surface area contributed by atoms with E-state index < -0.39 is 32.5 Å². The average molecular weight is 952 g/mol. The number of nitrogens with zero attached hydrogens (tertiary/aromatic N) is 1. The normalized spacial score (nSPS) is 14.4. The first kappa shape index (κ1) is 63.4. The lowest BCUT2D eigenvalue weighted by atomic mass is 10.1. The van der Waals surface area contributed by atoms with Gasteiger partial charge in [-0.2, -0.15) is 0 Å². The fourth-order valence-corrected chi connectivity index (χ4v) is 6.96. The van der Waals surface area contributed by atoms with Crippen LogP contribution in [0.25, 0.3) is 0 Å². The third kappa shape index (κ3) is 51.6. The minimum Gasteiger partial charge on any atom is -0.756 e. The number of likely N-dealkylation sites (N-methyl/N-ethyl adjacent to an activating group) is 1. The Labute approximate surface area is 409 Å². The van der Waals surface area contributed by atoms with Gasteiger partial charge in [0.15, 0.2) is 6.10 Å². The molecule has 0 saturated carbocycles. The van der Waals surface area contributed by atoms with Crippen molar-refractivity contribution < 1.29 is 42.1 Å². The van der Waals surface area contributed by atoms with Crippen LogP contribution in [-0.2, 0) is 32.7 Å². The molecule has 380 valence electrons. The monoisotopic (exact) mass is 952 g/mol. The second kappa shape index (κ2) is 47.5. The van der Waals surface area contributed by atoms with Gasteiger partial charge in [-0.25, -0.2) is 0 Å².